The second kappa shape index (κ2) is 5.10. The van der Waals surface area contributed by atoms with E-state index in [0.29, 0.717) is 11.1 Å². The maximum Gasteiger partial charge on any atom is 0.201 e. The third-order valence-corrected chi connectivity index (χ3v) is 3.69. The predicted octanol–water partition coefficient (Wildman–Crippen LogP) is 3.20. The summed E-state index contributed by atoms with van der Waals surface area (Å²) in [5.74, 6) is 0.459. The molecule has 1 aromatic carbocycles. The van der Waals surface area contributed by atoms with Gasteiger partial charge in [-0.15, -0.1) is 0 Å². The van der Waals surface area contributed by atoms with Crippen LogP contribution >= 0.6 is 27.5 Å². The number of halogens is 2. The van der Waals surface area contributed by atoms with Gasteiger partial charge < -0.3 is 10.3 Å². The van der Waals surface area contributed by atoms with Crippen LogP contribution < -0.4 is 5.73 Å². The first kappa shape index (κ1) is 12.5. The molecular formula is C12H13BrClN3. The molecule has 90 valence electrons. The maximum atomic E-state index is 6.12. The second-order valence-corrected chi connectivity index (χ2v) is 5.17. The third kappa shape index (κ3) is 2.82. The molecule has 0 amide bonds. The highest BCUT2D eigenvalue weighted by atomic mass is 79.9. The van der Waals surface area contributed by atoms with E-state index in [-0.39, 0.29) is 0 Å². The molecule has 0 saturated carbocycles. The average molecular weight is 315 g/mol. The minimum Gasteiger partial charge on any atom is -0.369 e. The molecule has 2 rings (SSSR count). The number of nitrogen functional groups attached to an aromatic ring is 1. The minimum atomic E-state index is 0.459. The molecule has 0 fully saturated rings. The number of hydrogen-bond donors (Lipinski definition) is 1. The summed E-state index contributed by atoms with van der Waals surface area (Å²) >= 11 is 9.53. The summed E-state index contributed by atoms with van der Waals surface area (Å²) in [6, 6.07) is 8.24. The molecule has 0 aliphatic heterocycles. The van der Waals surface area contributed by atoms with Gasteiger partial charge in [0.05, 0.1) is 5.69 Å². The first-order valence-electron chi connectivity index (χ1n) is 5.29. The highest BCUT2D eigenvalue weighted by Gasteiger charge is 2.10. The van der Waals surface area contributed by atoms with Crippen LogP contribution in [0.3, 0.4) is 0 Å². The normalized spacial score (nSPS) is 10.8. The van der Waals surface area contributed by atoms with Gasteiger partial charge >= 0.3 is 0 Å². The van der Waals surface area contributed by atoms with Crippen molar-refractivity contribution >= 4 is 33.5 Å². The van der Waals surface area contributed by atoms with E-state index in [2.05, 4.69) is 33.0 Å². The van der Waals surface area contributed by atoms with Gasteiger partial charge in [-0.2, -0.15) is 0 Å². The number of imidazole rings is 1. The molecule has 3 nitrogen and oxygen atoms in total. The Labute approximate surface area is 114 Å². The Morgan fingerprint density at radius 2 is 1.94 bits per heavy atom. The van der Waals surface area contributed by atoms with Gasteiger partial charge in [-0.25, -0.2) is 4.98 Å². The zero-order valence-electron chi connectivity index (χ0n) is 9.45. The Kier molecular flexibility index (Phi) is 3.74. The van der Waals surface area contributed by atoms with Crippen LogP contribution in [0.15, 0.2) is 28.7 Å². The monoisotopic (exact) mass is 313 g/mol. The van der Waals surface area contributed by atoms with Crippen molar-refractivity contribution in [2.75, 3.05) is 5.73 Å². The third-order valence-electron chi connectivity index (χ3n) is 2.69. The quantitative estimate of drug-likeness (QED) is 0.945. The van der Waals surface area contributed by atoms with E-state index < -0.39 is 0 Å². The summed E-state index contributed by atoms with van der Waals surface area (Å²) in [5.41, 5.74) is 7.81. The highest BCUT2D eigenvalue weighted by molar-refractivity contribution is 9.10. The second-order valence-electron chi connectivity index (χ2n) is 3.89. The van der Waals surface area contributed by atoms with E-state index in [0.717, 1.165) is 23.0 Å². The molecular weight excluding hydrogens is 302 g/mol. The summed E-state index contributed by atoms with van der Waals surface area (Å²) in [4.78, 5) is 4.24. The molecule has 2 aromatic rings. The predicted molar refractivity (Wildman–Crippen MR) is 74.2 cm³/mol. The van der Waals surface area contributed by atoms with E-state index in [9.17, 15) is 0 Å². The van der Waals surface area contributed by atoms with Gasteiger partial charge in [-0.3, -0.25) is 0 Å². The van der Waals surface area contributed by atoms with Crippen LogP contribution in [0.5, 0.6) is 0 Å². The van der Waals surface area contributed by atoms with E-state index in [1.807, 2.05) is 19.2 Å². The van der Waals surface area contributed by atoms with Crippen molar-refractivity contribution in [1.82, 2.24) is 9.55 Å². The molecule has 0 saturated heterocycles. The van der Waals surface area contributed by atoms with Crippen LogP contribution in [0.2, 0.25) is 5.15 Å². The molecule has 0 atom stereocenters. The number of anilines is 1. The Morgan fingerprint density at radius 1 is 1.29 bits per heavy atom. The van der Waals surface area contributed by atoms with Crippen molar-refractivity contribution in [3.63, 3.8) is 0 Å². The molecule has 1 heterocycles. The number of nitrogens with two attached hydrogens (primary N) is 1. The first-order chi connectivity index (χ1) is 8.08. The lowest BCUT2D eigenvalue weighted by molar-refractivity contribution is 0.910. The minimum absolute atomic E-state index is 0.459. The van der Waals surface area contributed by atoms with Gasteiger partial charge in [-0.1, -0.05) is 39.7 Å². The molecule has 0 aliphatic carbocycles. The molecule has 0 bridgehead atoms. The van der Waals surface area contributed by atoms with Crippen LogP contribution in [0.25, 0.3) is 0 Å². The van der Waals surface area contributed by atoms with Crippen LogP contribution in [-0.2, 0) is 19.9 Å². The first-order valence-corrected chi connectivity index (χ1v) is 6.46. The Balaban J connectivity index is 2.07. The van der Waals surface area contributed by atoms with Crippen LogP contribution in [0.4, 0.5) is 5.95 Å². The smallest absolute Gasteiger partial charge is 0.201 e. The lowest BCUT2D eigenvalue weighted by atomic mass is 10.1. The number of aromatic nitrogens is 2. The molecule has 2 N–H and O–H groups in total. The van der Waals surface area contributed by atoms with Crippen LogP contribution in [0.1, 0.15) is 11.3 Å². The maximum absolute atomic E-state index is 6.12. The molecule has 5 heteroatoms. The summed E-state index contributed by atoms with van der Waals surface area (Å²) in [6.07, 6.45) is 1.70. The van der Waals surface area contributed by atoms with Crippen molar-refractivity contribution in [3.05, 3.63) is 45.1 Å². The fraction of sp³-hybridized carbons (Fsp3) is 0.250. The molecule has 1 aromatic heterocycles. The van der Waals surface area contributed by atoms with Gasteiger partial charge in [0.2, 0.25) is 5.95 Å². The zero-order valence-corrected chi connectivity index (χ0v) is 11.8. The Hall–Kier alpha value is -1.000. The van der Waals surface area contributed by atoms with Crippen LogP contribution in [0, 0.1) is 0 Å². The summed E-state index contributed by atoms with van der Waals surface area (Å²) in [5, 5.41) is 0.625. The SMILES string of the molecule is Cn1c(N)nc(CCc2ccc(Br)cc2)c1Cl. The largest absolute Gasteiger partial charge is 0.369 e. The number of nitrogens with zero attached hydrogens (tertiary/aromatic N) is 2. The van der Waals surface area contributed by atoms with Crippen molar-refractivity contribution in [2.45, 2.75) is 12.8 Å². The lowest BCUT2D eigenvalue weighted by Gasteiger charge is -2.00. The van der Waals surface area contributed by atoms with Crippen molar-refractivity contribution in [2.24, 2.45) is 7.05 Å². The molecule has 17 heavy (non-hydrogen) atoms. The standard InChI is InChI=1S/C12H13BrClN3/c1-17-11(14)10(16-12(17)15)7-4-8-2-5-9(13)6-3-8/h2-3,5-6H,4,7H2,1H3,(H2,15,16). The van der Waals surface area contributed by atoms with Gasteiger partial charge in [0, 0.05) is 11.5 Å². The number of aryl methyl sites for hydroxylation is 2. The lowest BCUT2D eigenvalue weighted by Crippen LogP contribution is -1.96. The van der Waals surface area contributed by atoms with Crippen molar-refractivity contribution in [3.8, 4) is 0 Å². The van der Waals surface area contributed by atoms with Gasteiger partial charge in [0.1, 0.15) is 5.15 Å². The number of hydrogen-bond acceptors (Lipinski definition) is 2. The molecule has 0 radical (unpaired) electrons. The number of rotatable bonds is 3. The van der Waals surface area contributed by atoms with Crippen LogP contribution in [-0.4, -0.2) is 9.55 Å². The number of benzene rings is 1. The van der Waals surface area contributed by atoms with Gasteiger partial charge in [0.15, 0.2) is 0 Å². The topological polar surface area (TPSA) is 43.8 Å². The Bertz CT molecular complexity index is 519. The summed E-state index contributed by atoms with van der Waals surface area (Å²) in [6.45, 7) is 0. The van der Waals surface area contributed by atoms with Gasteiger partial charge in [-0.05, 0) is 30.5 Å². The molecule has 0 aliphatic rings. The average Bonchev–Trinajstić information content (AvgIpc) is 2.56. The van der Waals surface area contributed by atoms with E-state index in [1.54, 1.807) is 4.57 Å². The summed E-state index contributed by atoms with van der Waals surface area (Å²) in [7, 11) is 1.81. The van der Waals surface area contributed by atoms with E-state index >= 15 is 0 Å². The molecule has 0 spiro atoms. The van der Waals surface area contributed by atoms with Crippen molar-refractivity contribution < 1.29 is 0 Å². The zero-order chi connectivity index (χ0) is 12.4. The van der Waals surface area contributed by atoms with Gasteiger partial charge in [0.25, 0.3) is 0 Å². The van der Waals surface area contributed by atoms with E-state index in [1.165, 1.54) is 5.56 Å². The molecule has 0 unspecified atom stereocenters. The van der Waals surface area contributed by atoms with E-state index in [4.69, 9.17) is 17.3 Å². The highest BCUT2D eigenvalue weighted by Crippen LogP contribution is 2.20. The fourth-order valence-electron chi connectivity index (χ4n) is 1.63. The fourth-order valence-corrected chi connectivity index (χ4v) is 2.11. The Morgan fingerprint density at radius 3 is 2.47 bits per heavy atom. The van der Waals surface area contributed by atoms with Crippen molar-refractivity contribution in [1.29, 1.82) is 0 Å². The summed E-state index contributed by atoms with van der Waals surface area (Å²) < 4.78 is 2.78.